The lowest BCUT2D eigenvalue weighted by Gasteiger charge is -2.04. The molecule has 0 aliphatic carbocycles. The lowest BCUT2D eigenvalue weighted by molar-refractivity contribution is 0.275. The molecule has 1 aromatic rings. The third-order valence-corrected chi connectivity index (χ3v) is 1.76. The van der Waals surface area contributed by atoms with Crippen LogP contribution in [0.3, 0.4) is 0 Å². The first kappa shape index (κ1) is 16.1. The molecular formula is C11H19O5P. The second kappa shape index (κ2) is 9.19. The minimum absolute atomic E-state index is 0.845. The van der Waals surface area contributed by atoms with Crippen molar-refractivity contribution >= 4 is 7.82 Å². The molecule has 0 atom stereocenters. The first-order chi connectivity index (χ1) is 7.93. The Bertz CT molecular complexity index is 314. The Morgan fingerprint density at radius 1 is 1.12 bits per heavy atom. The predicted molar refractivity (Wildman–Crippen MR) is 65.7 cm³/mol. The van der Waals surface area contributed by atoms with E-state index in [1.54, 1.807) is 0 Å². The number of unbranched alkanes of at least 4 members (excludes halogenated alkanes) is 2. The van der Waals surface area contributed by atoms with Gasteiger partial charge in [0.05, 0.1) is 6.61 Å². The third-order valence-electron chi connectivity index (χ3n) is 1.76. The molecule has 5 nitrogen and oxygen atoms in total. The van der Waals surface area contributed by atoms with Gasteiger partial charge in [0, 0.05) is 0 Å². The summed E-state index contributed by atoms with van der Waals surface area (Å²) in [5.41, 5.74) is 0. The van der Waals surface area contributed by atoms with Crippen LogP contribution in [0.4, 0.5) is 0 Å². The van der Waals surface area contributed by atoms with Crippen molar-refractivity contribution in [2.75, 3.05) is 6.61 Å². The van der Waals surface area contributed by atoms with Crippen LogP contribution in [0.5, 0.6) is 5.75 Å². The van der Waals surface area contributed by atoms with E-state index < -0.39 is 7.82 Å². The zero-order chi connectivity index (χ0) is 13.1. The van der Waals surface area contributed by atoms with Gasteiger partial charge < -0.3 is 19.4 Å². The van der Waals surface area contributed by atoms with E-state index in [0.717, 1.165) is 18.8 Å². The Kier molecular flexibility index (Phi) is 8.72. The van der Waals surface area contributed by atoms with Gasteiger partial charge in [-0.05, 0) is 18.6 Å². The molecule has 0 amide bonds. The highest BCUT2D eigenvalue weighted by atomic mass is 31.2. The predicted octanol–water partition coefficient (Wildman–Crippen LogP) is 2.33. The molecule has 98 valence electrons. The van der Waals surface area contributed by atoms with Gasteiger partial charge in [-0.1, -0.05) is 38.0 Å². The summed E-state index contributed by atoms with van der Waals surface area (Å²) < 4.78 is 14.4. The Morgan fingerprint density at radius 2 is 1.65 bits per heavy atom. The molecule has 0 bridgehead atoms. The van der Waals surface area contributed by atoms with Gasteiger partial charge in [0.1, 0.15) is 5.75 Å². The molecule has 1 aromatic carbocycles. The summed E-state index contributed by atoms with van der Waals surface area (Å²) in [6, 6.07) is 9.97. The van der Waals surface area contributed by atoms with Crippen LogP contribution in [-0.2, 0) is 4.57 Å². The Hall–Kier alpha value is -0.870. The van der Waals surface area contributed by atoms with Crippen LogP contribution < -0.4 is 4.74 Å². The molecule has 1 rings (SSSR count). The van der Waals surface area contributed by atoms with E-state index in [2.05, 4.69) is 6.92 Å². The van der Waals surface area contributed by atoms with Crippen LogP contribution >= 0.6 is 7.82 Å². The summed E-state index contributed by atoms with van der Waals surface area (Å²) >= 11 is 0. The van der Waals surface area contributed by atoms with Gasteiger partial charge in [0.15, 0.2) is 0 Å². The Balaban J connectivity index is 0.000000437. The zero-order valence-corrected chi connectivity index (χ0v) is 10.7. The van der Waals surface area contributed by atoms with Gasteiger partial charge in [0.25, 0.3) is 0 Å². The fraction of sp³-hybridized carbons (Fsp3) is 0.455. The van der Waals surface area contributed by atoms with E-state index in [1.165, 1.54) is 12.8 Å². The monoisotopic (exact) mass is 262 g/mol. The van der Waals surface area contributed by atoms with Crippen molar-refractivity contribution in [3.05, 3.63) is 30.3 Å². The summed E-state index contributed by atoms with van der Waals surface area (Å²) in [5, 5.41) is 0. The summed E-state index contributed by atoms with van der Waals surface area (Å²) in [6.07, 6.45) is 3.66. The first-order valence-electron chi connectivity index (χ1n) is 5.39. The molecule has 0 heterocycles. The molecular weight excluding hydrogens is 243 g/mol. The largest absolute Gasteiger partial charge is 0.494 e. The minimum atomic E-state index is -4.64. The van der Waals surface area contributed by atoms with Gasteiger partial charge in [-0.15, -0.1) is 0 Å². The highest BCUT2D eigenvalue weighted by Gasteiger charge is 2.00. The van der Waals surface area contributed by atoms with E-state index >= 15 is 0 Å². The zero-order valence-electron chi connectivity index (χ0n) is 9.82. The molecule has 0 radical (unpaired) electrons. The first-order valence-corrected chi connectivity index (χ1v) is 6.96. The highest BCUT2D eigenvalue weighted by Crippen LogP contribution is 2.25. The summed E-state index contributed by atoms with van der Waals surface area (Å²) in [5.74, 6) is 0.980. The maximum absolute atomic E-state index is 8.88. The molecule has 17 heavy (non-hydrogen) atoms. The SMILES string of the molecule is CCCCCOc1ccccc1.O=P(O)(O)O. The van der Waals surface area contributed by atoms with Gasteiger partial charge in [-0.25, -0.2) is 4.57 Å². The molecule has 6 heteroatoms. The van der Waals surface area contributed by atoms with E-state index in [-0.39, 0.29) is 0 Å². The molecule has 0 saturated carbocycles. The molecule has 0 fully saturated rings. The molecule has 0 spiro atoms. The molecule has 0 aliphatic rings. The van der Waals surface area contributed by atoms with E-state index in [1.807, 2.05) is 30.3 Å². The Labute approximate surface area is 101 Å². The summed E-state index contributed by atoms with van der Waals surface area (Å²) in [4.78, 5) is 21.6. The quantitative estimate of drug-likeness (QED) is 0.560. The second-order valence-electron chi connectivity index (χ2n) is 3.38. The average molecular weight is 262 g/mol. The van der Waals surface area contributed by atoms with Crippen LogP contribution in [0.1, 0.15) is 26.2 Å². The van der Waals surface area contributed by atoms with Crippen molar-refractivity contribution in [3.8, 4) is 5.75 Å². The fourth-order valence-electron chi connectivity index (χ4n) is 1.06. The number of ether oxygens (including phenoxy) is 1. The van der Waals surface area contributed by atoms with Gasteiger partial charge in [-0.2, -0.15) is 0 Å². The van der Waals surface area contributed by atoms with Crippen molar-refractivity contribution in [1.29, 1.82) is 0 Å². The number of phosphoric acid groups is 1. The maximum atomic E-state index is 8.88. The normalized spacial score (nSPS) is 10.4. The maximum Gasteiger partial charge on any atom is 0.466 e. The number of hydrogen-bond donors (Lipinski definition) is 3. The molecule has 0 unspecified atom stereocenters. The molecule has 0 aromatic heterocycles. The van der Waals surface area contributed by atoms with E-state index in [4.69, 9.17) is 24.0 Å². The third kappa shape index (κ3) is 15.1. The summed E-state index contributed by atoms with van der Waals surface area (Å²) in [7, 11) is -4.64. The Morgan fingerprint density at radius 3 is 2.12 bits per heavy atom. The lowest BCUT2D eigenvalue weighted by atomic mass is 10.3. The summed E-state index contributed by atoms with van der Waals surface area (Å²) in [6.45, 7) is 3.04. The lowest BCUT2D eigenvalue weighted by Crippen LogP contribution is -1.96. The molecule has 3 N–H and O–H groups in total. The van der Waals surface area contributed by atoms with Crippen molar-refractivity contribution in [2.24, 2.45) is 0 Å². The van der Waals surface area contributed by atoms with Crippen molar-refractivity contribution in [3.63, 3.8) is 0 Å². The van der Waals surface area contributed by atoms with Crippen LogP contribution in [-0.4, -0.2) is 21.3 Å². The van der Waals surface area contributed by atoms with Crippen molar-refractivity contribution in [1.82, 2.24) is 0 Å². The number of hydrogen-bond acceptors (Lipinski definition) is 2. The van der Waals surface area contributed by atoms with Crippen molar-refractivity contribution in [2.45, 2.75) is 26.2 Å². The van der Waals surface area contributed by atoms with Crippen molar-refractivity contribution < 1.29 is 24.0 Å². The second-order valence-corrected chi connectivity index (χ2v) is 4.41. The molecule has 0 aliphatic heterocycles. The smallest absolute Gasteiger partial charge is 0.466 e. The van der Waals surface area contributed by atoms with E-state index in [9.17, 15) is 0 Å². The fourth-order valence-corrected chi connectivity index (χ4v) is 1.06. The highest BCUT2D eigenvalue weighted by molar-refractivity contribution is 7.45. The van der Waals surface area contributed by atoms with Gasteiger partial charge in [0.2, 0.25) is 0 Å². The standard InChI is InChI=1S/C11H16O.H3O4P/c1-2-3-7-10-12-11-8-5-4-6-9-11;1-5(2,3)4/h4-6,8-9H,2-3,7,10H2,1H3;(H3,1,2,3,4). The van der Waals surface area contributed by atoms with Crippen LogP contribution in [0.25, 0.3) is 0 Å². The van der Waals surface area contributed by atoms with Crippen LogP contribution in [0.2, 0.25) is 0 Å². The van der Waals surface area contributed by atoms with Crippen LogP contribution in [0, 0.1) is 0 Å². The van der Waals surface area contributed by atoms with Gasteiger partial charge in [-0.3, -0.25) is 0 Å². The number of rotatable bonds is 5. The van der Waals surface area contributed by atoms with E-state index in [0.29, 0.717) is 0 Å². The van der Waals surface area contributed by atoms with Crippen LogP contribution in [0.15, 0.2) is 30.3 Å². The average Bonchev–Trinajstić information content (AvgIpc) is 2.24. The molecule has 0 saturated heterocycles. The van der Waals surface area contributed by atoms with Gasteiger partial charge >= 0.3 is 7.82 Å². The topological polar surface area (TPSA) is 87.0 Å². The minimum Gasteiger partial charge on any atom is -0.494 e. The number of benzene rings is 1. The number of para-hydroxylation sites is 1.